The number of nitrogens with one attached hydrogen (secondary N) is 2. The molecular weight excluding hydrogens is 336 g/mol. The van der Waals surface area contributed by atoms with Crippen molar-refractivity contribution in [3.8, 4) is 0 Å². The van der Waals surface area contributed by atoms with Crippen molar-refractivity contribution >= 4 is 17.5 Å². The number of carbonyl (C=O) groups is 1. The van der Waals surface area contributed by atoms with E-state index in [9.17, 15) is 4.79 Å². The van der Waals surface area contributed by atoms with Gasteiger partial charge >= 0.3 is 0 Å². The quantitative estimate of drug-likeness (QED) is 0.684. The van der Waals surface area contributed by atoms with Crippen molar-refractivity contribution in [3.63, 3.8) is 0 Å². The van der Waals surface area contributed by atoms with Crippen molar-refractivity contribution in [2.75, 3.05) is 10.6 Å². The van der Waals surface area contributed by atoms with Crippen LogP contribution in [0.3, 0.4) is 0 Å². The zero-order chi connectivity index (χ0) is 19.4. The van der Waals surface area contributed by atoms with Crippen LogP contribution in [0.5, 0.6) is 0 Å². The molecule has 5 nitrogen and oxygen atoms in total. The van der Waals surface area contributed by atoms with Crippen LogP contribution in [0.4, 0.5) is 11.6 Å². The highest BCUT2D eigenvalue weighted by Gasteiger charge is 2.14. The topological polar surface area (TPSA) is 66.9 Å². The van der Waals surface area contributed by atoms with Gasteiger partial charge in [0.25, 0.3) is 5.91 Å². The molecule has 3 aromatic rings. The van der Waals surface area contributed by atoms with E-state index < -0.39 is 0 Å². The third kappa shape index (κ3) is 4.50. The van der Waals surface area contributed by atoms with E-state index in [1.54, 1.807) is 6.07 Å². The molecule has 1 atom stereocenters. The van der Waals surface area contributed by atoms with Gasteiger partial charge in [0.05, 0.1) is 6.04 Å². The fraction of sp³-hybridized carbons (Fsp3) is 0.227. The van der Waals surface area contributed by atoms with Crippen molar-refractivity contribution in [2.24, 2.45) is 0 Å². The van der Waals surface area contributed by atoms with Gasteiger partial charge in [-0.15, -0.1) is 0 Å². The van der Waals surface area contributed by atoms with E-state index in [4.69, 9.17) is 0 Å². The number of amides is 1. The third-order valence-corrected chi connectivity index (χ3v) is 4.58. The number of hydrogen-bond donors (Lipinski definition) is 2. The van der Waals surface area contributed by atoms with Crippen LogP contribution in [0.25, 0.3) is 0 Å². The van der Waals surface area contributed by atoms with E-state index in [1.807, 2.05) is 76.2 Å². The molecule has 0 bridgehead atoms. The van der Waals surface area contributed by atoms with Crippen molar-refractivity contribution < 1.29 is 4.79 Å². The number of aryl methyl sites for hydroxylation is 2. The zero-order valence-corrected chi connectivity index (χ0v) is 16.1. The molecular formula is C22H24N4O. The predicted octanol–water partition coefficient (Wildman–Crippen LogP) is 4.83. The van der Waals surface area contributed by atoms with Gasteiger partial charge in [-0.3, -0.25) is 4.79 Å². The fourth-order valence-corrected chi connectivity index (χ4v) is 2.84. The number of rotatable bonds is 5. The molecule has 3 rings (SSSR count). The van der Waals surface area contributed by atoms with Crippen LogP contribution < -0.4 is 10.6 Å². The van der Waals surface area contributed by atoms with Gasteiger partial charge in [-0.25, -0.2) is 9.97 Å². The van der Waals surface area contributed by atoms with E-state index >= 15 is 0 Å². The first-order valence-electron chi connectivity index (χ1n) is 8.99. The average molecular weight is 360 g/mol. The standard InChI is InChI=1S/C22H24N4O/c1-14-9-8-12-19(16(14)3)25-21(27)20-13-15(2)23-22(26-20)24-17(4)18-10-6-5-7-11-18/h5-13,17H,1-4H3,(H,25,27)(H,23,24,26). The van der Waals surface area contributed by atoms with Crippen LogP contribution in [0, 0.1) is 20.8 Å². The van der Waals surface area contributed by atoms with Gasteiger partial charge in [0.1, 0.15) is 5.69 Å². The van der Waals surface area contributed by atoms with Crippen molar-refractivity contribution in [1.82, 2.24) is 9.97 Å². The fourth-order valence-electron chi connectivity index (χ4n) is 2.84. The Morgan fingerprint density at radius 3 is 2.44 bits per heavy atom. The normalized spacial score (nSPS) is 11.7. The number of anilines is 2. The Balaban J connectivity index is 1.80. The SMILES string of the molecule is Cc1cc(C(=O)Nc2cccc(C)c2C)nc(NC(C)c2ccccc2)n1. The lowest BCUT2D eigenvalue weighted by Gasteiger charge is -2.15. The third-order valence-electron chi connectivity index (χ3n) is 4.58. The molecule has 1 aromatic heterocycles. The highest BCUT2D eigenvalue weighted by molar-refractivity contribution is 6.03. The second-order valence-corrected chi connectivity index (χ2v) is 6.70. The predicted molar refractivity (Wildman–Crippen MR) is 109 cm³/mol. The lowest BCUT2D eigenvalue weighted by molar-refractivity contribution is 0.102. The summed E-state index contributed by atoms with van der Waals surface area (Å²) >= 11 is 0. The molecule has 0 spiro atoms. The summed E-state index contributed by atoms with van der Waals surface area (Å²) < 4.78 is 0. The maximum Gasteiger partial charge on any atom is 0.274 e. The molecule has 0 radical (unpaired) electrons. The molecule has 0 aliphatic carbocycles. The molecule has 0 fully saturated rings. The van der Waals surface area contributed by atoms with E-state index in [-0.39, 0.29) is 11.9 Å². The van der Waals surface area contributed by atoms with Crippen LogP contribution in [0.2, 0.25) is 0 Å². The van der Waals surface area contributed by atoms with Gasteiger partial charge in [-0.1, -0.05) is 42.5 Å². The minimum Gasteiger partial charge on any atom is -0.348 e. The molecule has 0 saturated carbocycles. The molecule has 5 heteroatoms. The lowest BCUT2D eigenvalue weighted by Crippen LogP contribution is -2.17. The van der Waals surface area contributed by atoms with Crippen molar-refractivity contribution in [1.29, 1.82) is 0 Å². The van der Waals surface area contributed by atoms with Crippen molar-refractivity contribution in [2.45, 2.75) is 33.7 Å². The Hall–Kier alpha value is -3.21. The summed E-state index contributed by atoms with van der Waals surface area (Å²) in [6.45, 7) is 7.91. The highest BCUT2D eigenvalue weighted by atomic mass is 16.1. The number of aromatic nitrogens is 2. The second-order valence-electron chi connectivity index (χ2n) is 6.70. The van der Waals surface area contributed by atoms with Gasteiger partial charge in [0.15, 0.2) is 0 Å². The van der Waals surface area contributed by atoms with Gasteiger partial charge < -0.3 is 10.6 Å². The Morgan fingerprint density at radius 2 is 1.70 bits per heavy atom. The summed E-state index contributed by atoms with van der Waals surface area (Å²) in [5.41, 5.74) is 5.18. The summed E-state index contributed by atoms with van der Waals surface area (Å²) in [4.78, 5) is 21.5. The molecule has 0 aliphatic heterocycles. The first-order valence-corrected chi connectivity index (χ1v) is 8.99. The smallest absolute Gasteiger partial charge is 0.274 e. The van der Waals surface area contributed by atoms with Gasteiger partial charge in [-0.05, 0) is 56.5 Å². The van der Waals surface area contributed by atoms with Gasteiger partial charge in [-0.2, -0.15) is 0 Å². The average Bonchev–Trinajstić information content (AvgIpc) is 2.65. The molecule has 0 saturated heterocycles. The molecule has 1 heterocycles. The minimum absolute atomic E-state index is 0.0305. The van der Waals surface area contributed by atoms with E-state index in [0.29, 0.717) is 11.6 Å². The summed E-state index contributed by atoms with van der Waals surface area (Å²) in [5, 5.41) is 6.23. The summed E-state index contributed by atoms with van der Waals surface area (Å²) in [5.74, 6) is 0.196. The van der Waals surface area contributed by atoms with Crippen LogP contribution in [0.15, 0.2) is 54.6 Å². The molecule has 1 unspecified atom stereocenters. The number of benzene rings is 2. The summed E-state index contributed by atoms with van der Waals surface area (Å²) in [6.07, 6.45) is 0. The van der Waals surface area contributed by atoms with E-state index in [0.717, 1.165) is 28.1 Å². The monoisotopic (exact) mass is 360 g/mol. The molecule has 2 N–H and O–H groups in total. The number of nitrogens with zero attached hydrogens (tertiary/aromatic N) is 2. The minimum atomic E-state index is -0.246. The van der Waals surface area contributed by atoms with Crippen LogP contribution in [-0.2, 0) is 0 Å². The summed E-state index contributed by atoms with van der Waals surface area (Å²) in [6, 6.07) is 17.6. The zero-order valence-electron chi connectivity index (χ0n) is 16.1. The van der Waals surface area contributed by atoms with Crippen LogP contribution in [-0.4, -0.2) is 15.9 Å². The molecule has 2 aromatic carbocycles. The van der Waals surface area contributed by atoms with Gasteiger partial charge in [0, 0.05) is 11.4 Å². The molecule has 27 heavy (non-hydrogen) atoms. The highest BCUT2D eigenvalue weighted by Crippen LogP contribution is 2.20. The van der Waals surface area contributed by atoms with Crippen LogP contribution in [0.1, 0.15) is 45.8 Å². The number of hydrogen-bond acceptors (Lipinski definition) is 4. The van der Waals surface area contributed by atoms with Crippen LogP contribution >= 0.6 is 0 Å². The van der Waals surface area contributed by atoms with Crippen molar-refractivity contribution in [3.05, 3.63) is 82.7 Å². The Labute approximate surface area is 159 Å². The Morgan fingerprint density at radius 1 is 0.963 bits per heavy atom. The Kier molecular flexibility index (Phi) is 5.50. The molecule has 0 aliphatic rings. The maximum absolute atomic E-state index is 12.7. The largest absolute Gasteiger partial charge is 0.348 e. The van der Waals surface area contributed by atoms with Gasteiger partial charge in [0.2, 0.25) is 5.95 Å². The first kappa shape index (κ1) is 18.6. The van der Waals surface area contributed by atoms with E-state index in [2.05, 4.69) is 20.6 Å². The van der Waals surface area contributed by atoms with E-state index in [1.165, 1.54) is 0 Å². The molecule has 138 valence electrons. The lowest BCUT2D eigenvalue weighted by atomic mass is 10.1. The Bertz CT molecular complexity index is 954. The molecule has 1 amide bonds. The second kappa shape index (κ2) is 7.99. The first-order chi connectivity index (χ1) is 12.9. The number of carbonyl (C=O) groups excluding carboxylic acids is 1. The maximum atomic E-state index is 12.7. The summed E-state index contributed by atoms with van der Waals surface area (Å²) in [7, 11) is 0.